The fraction of sp³-hybridized carbons (Fsp3) is 0.267. The van der Waals surface area contributed by atoms with Gasteiger partial charge in [0.05, 0.1) is 15.8 Å². The molecule has 0 radical (unpaired) electrons. The van der Waals surface area contributed by atoms with E-state index in [0.29, 0.717) is 16.8 Å². The van der Waals surface area contributed by atoms with E-state index >= 15 is 0 Å². The van der Waals surface area contributed by atoms with Gasteiger partial charge < -0.3 is 25.5 Å². The summed E-state index contributed by atoms with van der Waals surface area (Å²) in [4.78, 5) is 49.1. The minimum absolute atomic E-state index is 0.0121. The molecule has 7 rings (SSSR count). The highest BCUT2D eigenvalue weighted by atomic mass is 32.1. The van der Waals surface area contributed by atoms with Gasteiger partial charge in [0.25, 0.3) is 5.91 Å². The van der Waals surface area contributed by atoms with Crippen molar-refractivity contribution >= 4 is 56.0 Å². The Morgan fingerprint density at radius 1 is 1.18 bits per heavy atom. The molecular formula is C30H28N6O3S. The zero-order chi connectivity index (χ0) is 27.5. The Morgan fingerprint density at radius 3 is 2.88 bits per heavy atom. The molecule has 2 fully saturated rings. The molecule has 5 aromatic rings. The molecule has 4 aromatic heterocycles. The summed E-state index contributed by atoms with van der Waals surface area (Å²) < 4.78 is 2.92. The highest BCUT2D eigenvalue weighted by Gasteiger charge is 2.51. The molecule has 2 bridgehead atoms. The van der Waals surface area contributed by atoms with Gasteiger partial charge in [-0.15, -0.1) is 11.3 Å². The van der Waals surface area contributed by atoms with Crippen LogP contribution in [0.4, 0.5) is 5.82 Å². The van der Waals surface area contributed by atoms with Gasteiger partial charge in [-0.25, -0.2) is 4.98 Å². The zero-order valence-electron chi connectivity index (χ0n) is 21.9. The molecule has 40 heavy (non-hydrogen) atoms. The van der Waals surface area contributed by atoms with Crippen LogP contribution in [0.15, 0.2) is 60.2 Å². The molecular weight excluding hydrogens is 524 g/mol. The molecule has 0 spiro atoms. The van der Waals surface area contributed by atoms with Crippen molar-refractivity contribution in [3.05, 3.63) is 71.5 Å². The molecule has 4 N–H and O–H groups in total. The second-order valence-electron chi connectivity index (χ2n) is 10.8. The highest BCUT2D eigenvalue weighted by molar-refractivity contribution is 7.17. The summed E-state index contributed by atoms with van der Waals surface area (Å²) in [6, 6.07) is 12.9. The SMILES string of the molecule is Cc1cccc(NC(=O)[C@@H]2C3CCC(C3)N2C(=O)Cn2cc(C(N)=O)c3cc(-c4c[nH]c5ccsc45)ccc32)n1. The number of hydrogen-bond acceptors (Lipinski definition) is 5. The van der Waals surface area contributed by atoms with Gasteiger partial charge in [0, 0.05) is 40.6 Å². The second-order valence-corrected chi connectivity index (χ2v) is 11.7. The summed E-state index contributed by atoms with van der Waals surface area (Å²) in [6.45, 7) is 1.88. The number of nitrogens with one attached hydrogen (secondary N) is 2. The van der Waals surface area contributed by atoms with Crippen molar-refractivity contribution in [3.8, 4) is 11.1 Å². The molecule has 1 aliphatic heterocycles. The number of aryl methyl sites for hydroxylation is 1. The van der Waals surface area contributed by atoms with Crippen LogP contribution < -0.4 is 11.1 Å². The highest BCUT2D eigenvalue weighted by Crippen LogP contribution is 2.43. The molecule has 1 saturated heterocycles. The molecule has 9 nitrogen and oxygen atoms in total. The van der Waals surface area contributed by atoms with Crippen LogP contribution in [-0.2, 0) is 16.1 Å². The van der Waals surface area contributed by atoms with E-state index in [2.05, 4.69) is 15.3 Å². The van der Waals surface area contributed by atoms with E-state index in [1.807, 2.05) is 54.9 Å². The van der Waals surface area contributed by atoms with E-state index in [4.69, 9.17) is 5.73 Å². The van der Waals surface area contributed by atoms with Crippen LogP contribution in [0.1, 0.15) is 35.3 Å². The lowest BCUT2D eigenvalue weighted by molar-refractivity contribution is -0.141. The first kappa shape index (κ1) is 24.6. The number of piperidine rings is 1. The maximum Gasteiger partial charge on any atom is 0.250 e. The summed E-state index contributed by atoms with van der Waals surface area (Å²) in [7, 11) is 0. The summed E-state index contributed by atoms with van der Waals surface area (Å²) in [5, 5.41) is 5.66. The molecule has 3 amide bonds. The van der Waals surface area contributed by atoms with Crippen molar-refractivity contribution in [2.24, 2.45) is 11.7 Å². The minimum atomic E-state index is -0.549. The van der Waals surface area contributed by atoms with E-state index in [1.165, 1.54) is 0 Å². The van der Waals surface area contributed by atoms with Crippen LogP contribution in [0.25, 0.3) is 32.2 Å². The molecule has 10 heteroatoms. The van der Waals surface area contributed by atoms with Crippen LogP contribution >= 0.6 is 11.3 Å². The lowest BCUT2D eigenvalue weighted by Crippen LogP contribution is -2.51. The summed E-state index contributed by atoms with van der Waals surface area (Å²) in [5.74, 6) is -0.288. The van der Waals surface area contributed by atoms with Crippen LogP contribution in [0.5, 0.6) is 0 Å². The van der Waals surface area contributed by atoms with Crippen molar-refractivity contribution < 1.29 is 14.4 Å². The topological polar surface area (TPSA) is 126 Å². The van der Waals surface area contributed by atoms with Gasteiger partial charge in [0.15, 0.2) is 0 Å². The van der Waals surface area contributed by atoms with E-state index in [0.717, 1.165) is 51.8 Å². The third-order valence-corrected chi connectivity index (χ3v) is 9.27. The van der Waals surface area contributed by atoms with Gasteiger partial charge in [-0.1, -0.05) is 12.1 Å². The maximum absolute atomic E-state index is 13.8. The Labute approximate surface area is 234 Å². The van der Waals surface area contributed by atoms with Gasteiger partial charge in [0.1, 0.15) is 18.4 Å². The van der Waals surface area contributed by atoms with Crippen molar-refractivity contribution in [1.29, 1.82) is 0 Å². The fourth-order valence-corrected chi connectivity index (χ4v) is 7.48. The first-order chi connectivity index (χ1) is 19.4. The number of aromatic nitrogens is 3. The average Bonchev–Trinajstić information content (AvgIpc) is 3.74. The lowest BCUT2D eigenvalue weighted by atomic mass is 9.97. The number of carbonyl (C=O) groups is 3. The number of primary amides is 1. The van der Waals surface area contributed by atoms with Gasteiger partial charge >= 0.3 is 0 Å². The standard InChI is InChI=1S/C30H28N6O3S/c1-16-3-2-4-25(33-16)34-30(39)27-18-5-7-19(11-18)36(27)26(37)15-35-14-22(29(31)38)20-12-17(6-8-24(20)35)21-13-32-23-9-10-40-28(21)23/h2-4,6,8-10,12-14,18-19,27,32H,5,7,11,15H2,1H3,(H2,31,38)(H,33,34,39)/t18?,19?,27-/m0/s1. The smallest absolute Gasteiger partial charge is 0.250 e. The van der Waals surface area contributed by atoms with E-state index in [9.17, 15) is 14.4 Å². The van der Waals surface area contributed by atoms with Crippen molar-refractivity contribution in [1.82, 2.24) is 19.4 Å². The second kappa shape index (κ2) is 9.34. The van der Waals surface area contributed by atoms with Crippen LogP contribution in [0.2, 0.25) is 0 Å². The molecule has 2 unspecified atom stereocenters. The van der Waals surface area contributed by atoms with Crippen molar-refractivity contribution in [2.75, 3.05) is 5.32 Å². The number of rotatable bonds is 6. The molecule has 5 heterocycles. The lowest BCUT2D eigenvalue weighted by Gasteiger charge is -2.34. The monoisotopic (exact) mass is 552 g/mol. The quantitative estimate of drug-likeness (QED) is 0.283. The van der Waals surface area contributed by atoms with Gasteiger partial charge in [-0.3, -0.25) is 14.4 Å². The number of amides is 3. The summed E-state index contributed by atoms with van der Waals surface area (Å²) in [5.41, 5.74) is 10.8. The Morgan fingerprint density at radius 2 is 2.05 bits per heavy atom. The number of aromatic amines is 1. The first-order valence-electron chi connectivity index (χ1n) is 13.4. The van der Waals surface area contributed by atoms with Crippen molar-refractivity contribution in [3.63, 3.8) is 0 Å². The number of H-pyrrole nitrogens is 1. The number of hydrogen-bond donors (Lipinski definition) is 3. The normalized spacial score (nSPS) is 20.0. The Bertz CT molecular complexity index is 1820. The number of thiophene rings is 1. The Hall–Kier alpha value is -4.44. The van der Waals surface area contributed by atoms with Crippen molar-refractivity contribution in [2.45, 2.75) is 44.8 Å². The number of pyridine rings is 1. The third-order valence-electron chi connectivity index (χ3n) is 8.33. The predicted molar refractivity (Wildman–Crippen MR) is 155 cm³/mol. The summed E-state index contributed by atoms with van der Waals surface area (Å²) >= 11 is 1.65. The zero-order valence-corrected chi connectivity index (χ0v) is 22.7. The Kier molecular flexibility index (Phi) is 5.74. The molecule has 1 aliphatic carbocycles. The summed E-state index contributed by atoms with van der Waals surface area (Å²) in [6.07, 6.45) is 6.26. The van der Waals surface area contributed by atoms with Gasteiger partial charge in [-0.05, 0) is 73.4 Å². The average molecular weight is 553 g/mol. The molecule has 1 aromatic carbocycles. The van der Waals surface area contributed by atoms with E-state index in [-0.39, 0.29) is 30.3 Å². The minimum Gasteiger partial charge on any atom is -0.366 e. The predicted octanol–water partition coefficient (Wildman–Crippen LogP) is 4.67. The largest absolute Gasteiger partial charge is 0.366 e. The number of anilines is 1. The van der Waals surface area contributed by atoms with E-state index < -0.39 is 11.9 Å². The fourth-order valence-electron chi connectivity index (χ4n) is 6.58. The van der Waals surface area contributed by atoms with Crippen LogP contribution in [-0.4, -0.2) is 49.2 Å². The number of carbonyl (C=O) groups excluding carboxylic acids is 3. The molecule has 1 saturated carbocycles. The number of nitrogens with two attached hydrogens (primary N) is 1. The first-order valence-corrected chi connectivity index (χ1v) is 14.3. The third kappa shape index (κ3) is 3.98. The Balaban J connectivity index is 1.19. The van der Waals surface area contributed by atoms with Gasteiger partial charge in [-0.2, -0.15) is 0 Å². The van der Waals surface area contributed by atoms with Gasteiger partial charge in [0.2, 0.25) is 11.8 Å². The number of likely N-dealkylation sites (tertiary alicyclic amines) is 1. The molecule has 2 aliphatic rings. The van der Waals surface area contributed by atoms with Crippen LogP contribution in [0, 0.1) is 12.8 Å². The number of benzene rings is 1. The number of fused-ring (bicyclic) bond motifs is 4. The van der Waals surface area contributed by atoms with Crippen LogP contribution in [0.3, 0.4) is 0 Å². The molecule has 202 valence electrons. The number of nitrogens with zero attached hydrogens (tertiary/aromatic N) is 3. The molecule has 3 atom stereocenters. The maximum atomic E-state index is 13.8. The van der Waals surface area contributed by atoms with E-state index in [1.54, 1.807) is 33.1 Å².